The van der Waals surface area contributed by atoms with Gasteiger partial charge >= 0.3 is 5.97 Å². The number of hydrogen-bond donors (Lipinski definition) is 1. The van der Waals surface area contributed by atoms with E-state index in [0.717, 1.165) is 4.90 Å². The summed E-state index contributed by atoms with van der Waals surface area (Å²) in [7, 11) is 1.42. The molecule has 0 fully saturated rings. The summed E-state index contributed by atoms with van der Waals surface area (Å²) < 4.78 is 12.9. The highest BCUT2D eigenvalue weighted by Gasteiger charge is 2.21. The number of halogens is 1. The van der Waals surface area contributed by atoms with Crippen LogP contribution in [0.5, 0.6) is 0 Å². The highest BCUT2D eigenvalue weighted by molar-refractivity contribution is 5.84. The van der Waals surface area contributed by atoms with E-state index >= 15 is 0 Å². The van der Waals surface area contributed by atoms with Crippen LogP contribution in [0.15, 0.2) is 24.3 Å². The van der Waals surface area contributed by atoms with Crippen LogP contribution in [0.25, 0.3) is 0 Å². The third kappa shape index (κ3) is 3.55. The zero-order valence-corrected chi connectivity index (χ0v) is 9.68. The van der Waals surface area contributed by atoms with E-state index in [-0.39, 0.29) is 12.3 Å². The van der Waals surface area contributed by atoms with E-state index in [4.69, 9.17) is 5.11 Å². The minimum atomic E-state index is -1.07. The van der Waals surface area contributed by atoms with Crippen LogP contribution >= 0.6 is 0 Å². The van der Waals surface area contributed by atoms with Gasteiger partial charge in [0.25, 0.3) is 0 Å². The van der Waals surface area contributed by atoms with Gasteiger partial charge < -0.3 is 10.0 Å². The lowest BCUT2D eigenvalue weighted by Gasteiger charge is -2.21. The van der Waals surface area contributed by atoms with Crippen LogP contribution in [0, 0.1) is 5.82 Å². The SMILES string of the molecule is CC(C(=O)O)N(C)C(=O)Cc1cccc(F)c1. The number of rotatable bonds is 4. The Balaban J connectivity index is 2.69. The van der Waals surface area contributed by atoms with Crippen molar-refractivity contribution in [1.82, 2.24) is 4.90 Å². The maximum atomic E-state index is 12.9. The second kappa shape index (κ2) is 5.43. The maximum Gasteiger partial charge on any atom is 0.326 e. The van der Waals surface area contributed by atoms with Crippen molar-refractivity contribution < 1.29 is 19.1 Å². The Morgan fingerprint density at radius 3 is 2.65 bits per heavy atom. The molecule has 0 radical (unpaired) electrons. The van der Waals surface area contributed by atoms with Crippen molar-refractivity contribution in [3.05, 3.63) is 35.6 Å². The number of nitrogens with zero attached hydrogens (tertiary/aromatic N) is 1. The van der Waals surface area contributed by atoms with Gasteiger partial charge in [-0.25, -0.2) is 9.18 Å². The van der Waals surface area contributed by atoms with Gasteiger partial charge in [0.2, 0.25) is 5.91 Å². The molecule has 0 saturated heterocycles. The van der Waals surface area contributed by atoms with Crippen molar-refractivity contribution in [1.29, 1.82) is 0 Å². The lowest BCUT2D eigenvalue weighted by molar-refractivity contribution is -0.148. The highest BCUT2D eigenvalue weighted by atomic mass is 19.1. The average Bonchev–Trinajstić information content (AvgIpc) is 2.26. The Kier molecular flexibility index (Phi) is 4.20. The molecule has 1 aromatic rings. The lowest BCUT2D eigenvalue weighted by Crippen LogP contribution is -2.41. The highest BCUT2D eigenvalue weighted by Crippen LogP contribution is 2.07. The first-order valence-corrected chi connectivity index (χ1v) is 5.14. The van der Waals surface area contributed by atoms with E-state index < -0.39 is 17.8 Å². The van der Waals surface area contributed by atoms with Gasteiger partial charge in [0.15, 0.2) is 0 Å². The van der Waals surface area contributed by atoms with Crippen molar-refractivity contribution in [3.63, 3.8) is 0 Å². The van der Waals surface area contributed by atoms with E-state index in [1.165, 1.54) is 32.2 Å². The topological polar surface area (TPSA) is 57.6 Å². The quantitative estimate of drug-likeness (QED) is 0.861. The fraction of sp³-hybridized carbons (Fsp3) is 0.333. The monoisotopic (exact) mass is 239 g/mol. The molecule has 1 N–H and O–H groups in total. The van der Waals surface area contributed by atoms with Gasteiger partial charge in [-0.05, 0) is 24.6 Å². The Morgan fingerprint density at radius 1 is 1.47 bits per heavy atom. The minimum Gasteiger partial charge on any atom is -0.480 e. The molecule has 92 valence electrons. The smallest absolute Gasteiger partial charge is 0.326 e. The Hall–Kier alpha value is -1.91. The maximum absolute atomic E-state index is 12.9. The van der Waals surface area contributed by atoms with Crippen LogP contribution in [0.1, 0.15) is 12.5 Å². The van der Waals surface area contributed by atoms with Gasteiger partial charge in [-0.15, -0.1) is 0 Å². The van der Waals surface area contributed by atoms with Crippen LogP contribution in [0.2, 0.25) is 0 Å². The third-order valence-electron chi connectivity index (χ3n) is 2.58. The standard InChI is InChI=1S/C12H14FNO3/c1-8(12(16)17)14(2)11(15)7-9-4-3-5-10(13)6-9/h3-6,8H,7H2,1-2H3,(H,16,17). The molecule has 0 aliphatic carbocycles. The van der Waals surface area contributed by atoms with Gasteiger partial charge in [-0.1, -0.05) is 12.1 Å². The molecule has 0 spiro atoms. The number of carboxylic acids is 1. The summed E-state index contributed by atoms with van der Waals surface area (Å²) in [4.78, 5) is 23.5. The van der Waals surface area contributed by atoms with Crippen molar-refractivity contribution >= 4 is 11.9 Å². The molecule has 1 amide bonds. The Bertz CT molecular complexity index is 434. The summed E-state index contributed by atoms with van der Waals surface area (Å²) in [5, 5.41) is 8.76. The van der Waals surface area contributed by atoms with Gasteiger partial charge in [0, 0.05) is 7.05 Å². The molecule has 1 rings (SSSR count). The number of likely N-dealkylation sites (N-methyl/N-ethyl adjacent to an activating group) is 1. The van der Waals surface area contributed by atoms with Crippen molar-refractivity contribution in [2.24, 2.45) is 0 Å². The van der Waals surface area contributed by atoms with Crippen LogP contribution in [-0.2, 0) is 16.0 Å². The Labute approximate surface area is 98.7 Å². The largest absolute Gasteiger partial charge is 0.480 e. The van der Waals surface area contributed by atoms with E-state index in [2.05, 4.69) is 0 Å². The summed E-state index contributed by atoms with van der Waals surface area (Å²) in [5.41, 5.74) is 0.527. The van der Waals surface area contributed by atoms with E-state index in [9.17, 15) is 14.0 Å². The van der Waals surface area contributed by atoms with Crippen molar-refractivity contribution in [2.75, 3.05) is 7.05 Å². The summed E-state index contributed by atoms with van der Waals surface area (Å²) in [5.74, 6) is -1.84. The van der Waals surface area contributed by atoms with Crippen LogP contribution in [-0.4, -0.2) is 35.0 Å². The molecule has 0 bridgehead atoms. The number of amides is 1. The number of carboxylic acid groups (broad SMARTS) is 1. The predicted molar refractivity (Wildman–Crippen MR) is 60.0 cm³/mol. The first-order chi connectivity index (χ1) is 7.91. The zero-order chi connectivity index (χ0) is 13.0. The van der Waals surface area contributed by atoms with E-state index in [0.29, 0.717) is 5.56 Å². The fourth-order valence-corrected chi connectivity index (χ4v) is 1.33. The minimum absolute atomic E-state index is 0.00806. The number of hydrogen-bond acceptors (Lipinski definition) is 2. The molecule has 0 aromatic heterocycles. The molecule has 5 heteroatoms. The van der Waals surface area contributed by atoms with E-state index in [1.54, 1.807) is 6.07 Å². The van der Waals surface area contributed by atoms with Gasteiger partial charge in [-0.3, -0.25) is 4.79 Å². The number of carbonyl (C=O) groups excluding carboxylic acids is 1. The number of benzene rings is 1. The molecule has 0 saturated carbocycles. The molecule has 1 aromatic carbocycles. The van der Waals surface area contributed by atoms with E-state index in [1.807, 2.05) is 0 Å². The molecule has 0 heterocycles. The predicted octanol–water partition coefficient (Wildman–Crippen LogP) is 1.30. The van der Waals surface area contributed by atoms with Crippen molar-refractivity contribution in [2.45, 2.75) is 19.4 Å². The summed E-state index contributed by atoms with van der Waals surface area (Å²) in [6, 6.07) is 4.80. The molecular weight excluding hydrogens is 225 g/mol. The van der Waals surface area contributed by atoms with Gasteiger partial charge in [0.05, 0.1) is 6.42 Å². The number of carbonyl (C=O) groups is 2. The first-order valence-electron chi connectivity index (χ1n) is 5.14. The third-order valence-corrected chi connectivity index (χ3v) is 2.58. The number of aliphatic carboxylic acids is 1. The average molecular weight is 239 g/mol. The summed E-state index contributed by atoms with van der Waals surface area (Å²) in [6.07, 6.45) is -0.00806. The van der Waals surface area contributed by atoms with Crippen molar-refractivity contribution in [3.8, 4) is 0 Å². The van der Waals surface area contributed by atoms with Crippen LogP contribution in [0.3, 0.4) is 0 Å². The zero-order valence-electron chi connectivity index (χ0n) is 9.68. The second-order valence-electron chi connectivity index (χ2n) is 3.83. The molecule has 17 heavy (non-hydrogen) atoms. The van der Waals surface area contributed by atoms with Crippen LogP contribution < -0.4 is 0 Å². The molecule has 1 unspecified atom stereocenters. The second-order valence-corrected chi connectivity index (χ2v) is 3.83. The molecule has 4 nitrogen and oxygen atoms in total. The van der Waals surface area contributed by atoms with Gasteiger partial charge in [0.1, 0.15) is 11.9 Å². The molecule has 1 atom stereocenters. The first kappa shape index (κ1) is 13.2. The fourth-order valence-electron chi connectivity index (χ4n) is 1.33. The molecule has 0 aliphatic heterocycles. The molecule has 0 aliphatic rings. The molecular formula is C12H14FNO3. The lowest BCUT2D eigenvalue weighted by atomic mass is 10.1. The summed E-state index contributed by atoms with van der Waals surface area (Å²) >= 11 is 0. The van der Waals surface area contributed by atoms with Crippen LogP contribution in [0.4, 0.5) is 4.39 Å². The summed E-state index contributed by atoms with van der Waals surface area (Å²) in [6.45, 7) is 1.42. The van der Waals surface area contributed by atoms with Gasteiger partial charge in [-0.2, -0.15) is 0 Å². The Morgan fingerprint density at radius 2 is 2.12 bits per heavy atom. The normalized spacial score (nSPS) is 11.9.